The predicted octanol–water partition coefficient (Wildman–Crippen LogP) is 2.84. The maximum Gasteiger partial charge on any atom is 0.224 e. The summed E-state index contributed by atoms with van der Waals surface area (Å²) >= 11 is 0. The molecule has 0 aliphatic heterocycles. The molecule has 3 amide bonds. The molecule has 8 atom stereocenters. The van der Waals surface area contributed by atoms with Crippen LogP contribution in [-0.2, 0) is 27.2 Å². The zero-order chi connectivity index (χ0) is 30.0. The molecule has 0 saturated heterocycles. The Kier molecular flexibility index (Phi) is 8.85. The summed E-state index contributed by atoms with van der Waals surface area (Å²) in [6.07, 6.45) is 4.19. The van der Waals surface area contributed by atoms with E-state index in [1.807, 2.05) is 87.5 Å². The van der Waals surface area contributed by atoms with E-state index < -0.39 is 41.5 Å². The highest BCUT2D eigenvalue weighted by Crippen LogP contribution is 2.48. The quantitative estimate of drug-likeness (QED) is 0.280. The third kappa shape index (κ3) is 6.76. The lowest BCUT2D eigenvalue weighted by atomic mass is 9.81. The number of nitrogens with one attached hydrogen (secondary N) is 3. The van der Waals surface area contributed by atoms with Gasteiger partial charge in [-0.25, -0.2) is 0 Å². The summed E-state index contributed by atoms with van der Waals surface area (Å²) < 4.78 is 0. The minimum atomic E-state index is -0.967. The van der Waals surface area contributed by atoms with Crippen LogP contribution in [0.5, 0.6) is 0 Å². The van der Waals surface area contributed by atoms with Crippen LogP contribution in [0.3, 0.4) is 0 Å². The maximum atomic E-state index is 13.6. The maximum absolute atomic E-state index is 13.6. The van der Waals surface area contributed by atoms with Gasteiger partial charge in [-0.2, -0.15) is 0 Å². The van der Waals surface area contributed by atoms with Crippen molar-refractivity contribution in [1.82, 2.24) is 16.0 Å². The number of fused-ring (bicyclic) bond motifs is 3. The Hall–Kier alpha value is -3.49. The number of amides is 3. The molecule has 2 aromatic rings. The molecule has 2 bridgehead atoms. The lowest BCUT2D eigenvalue weighted by Gasteiger charge is -2.30. The average Bonchev–Trinajstić information content (AvgIpc) is 3.64. The number of aliphatic hydroxyl groups is 2. The molecule has 0 radical (unpaired) electrons. The second-order valence-electron chi connectivity index (χ2n) is 13.2. The smallest absolute Gasteiger partial charge is 0.224 e. The summed E-state index contributed by atoms with van der Waals surface area (Å²) in [5.41, 5.74) is 2.49. The van der Waals surface area contributed by atoms with Crippen LogP contribution in [0, 0.1) is 29.6 Å². The van der Waals surface area contributed by atoms with Gasteiger partial charge in [0.25, 0.3) is 0 Å². The van der Waals surface area contributed by atoms with Gasteiger partial charge in [0.2, 0.25) is 17.7 Å². The molecule has 1 saturated carbocycles. The van der Waals surface area contributed by atoms with Gasteiger partial charge in [0, 0.05) is 24.4 Å². The van der Waals surface area contributed by atoms with Crippen LogP contribution < -0.4 is 16.0 Å². The molecule has 5 N–H and O–H groups in total. The van der Waals surface area contributed by atoms with Crippen molar-refractivity contribution in [2.45, 2.75) is 70.2 Å². The Morgan fingerprint density at radius 2 is 1.57 bits per heavy atom. The monoisotopic (exact) mass is 573 g/mol. The van der Waals surface area contributed by atoms with Gasteiger partial charge in [0.15, 0.2) is 0 Å². The number of rotatable bonds is 10. The average molecular weight is 574 g/mol. The largest absolute Gasteiger partial charge is 0.391 e. The molecular weight excluding hydrogens is 530 g/mol. The van der Waals surface area contributed by atoms with Crippen LogP contribution in [0.4, 0.5) is 0 Å². The van der Waals surface area contributed by atoms with Gasteiger partial charge in [0.1, 0.15) is 0 Å². The van der Waals surface area contributed by atoms with E-state index in [0.717, 1.165) is 23.1 Å². The van der Waals surface area contributed by atoms with Gasteiger partial charge in [-0.1, -0.05) is 66.7 Å². The number of carbonyl (C=O) groups is 3. The van der Waals surface area contributed by atoms with Gasteiger partial charge < -0.3 is 26.2 Å². The normalized spacial score (nSPS) is 27.3. The first-order chi connectivity index (χ1) is 20.0. The fourth-order valence-electron chi connectivity index (χ4n) is 6.94. The van der Waals surface area contributed by atoms with Crippen molar-refractivity contribution in [1.29, 1.82) is 0 Å². The highest BCUT2D eigenvalue weighted by molar-refractivity contribution is 5.90. The molecule has 42 heavy (non-hydrogen) atoms. The zero-order valence-electron chi connectivity index (χ0n) is 24.6. The minimum Gasteiger partial charge on any atom is -0.391 e. The number of benzene rings is 2. The van der Waals surface area contributed by atoms with Crippen molar-refractivity contribution in [2.24, 2.45) is 29.6 Å². The molecule has 1 fully saturated rings. The van der Waals surface area contributed by atoms with E-state index in [4.69, 9.17) is 0 Å². The molecule has 8 nitrogen and oxygen atoms in total. The van der Waals surface area contributed by atoms with E-state index in [-0.39, 0.29) is 42.5 Å². The third-order valence-electron chi connectivity index (χ3n) is 8.83. The summed E-state index contributed by atoms with van der Waals surface area (Å²) in [4.78, 5) is 40.1. The molecule has 224 valence electrons. The Labute approximate surface area is 248 Å². The van der Waals surface area contributed by atoms with Crippen LogP contribution in [0.15, 0.2) is 66.7 Å². The first kappa shape index (κ1) is 30.0. The van der Waals surface area contributed by atoms with Crippen molar-refractivity contribution >= 4 is 17.7 Å². The molecule has 0 heterocycles. The lowest BCUT2D eigenvalue weighted by molar-refractivity contribution is -0.136. The Morgan fingerprint density at radius 3 is 2.26 bits per heavy atom. The van der Waals surface area contributed by atoms with Gasteiger partial charge in [0.05, 0.1) is 30.1 Å². The fourth-order valence-corrected chi connectivity index (χ4v) is 6.94. The Bertz CT molecular complexity index is 1320. The van der Waals surface area contributed by atoms with Gasteiger partial charge in [-0.15, -0.1) is 0 Å². The Balaban J connectivity index is 1.23. The first-order valence-electron chi connectivity index (χ1n) is 15.1. The van der Waals surface area contributed by atoms with Gasteiger partial charge in [-0.3, -0.25) is 14.4 Å². The van der Waals surface area contributed by atoms with Crippen LogP contribution in [0.2, 0.25) is 0 Å². The summed E-state index contributed by atoms with van der Waals surface area (Å²) in [5, 5.41) is 30.7. The summed E-state index contributed by atoms with van der Waals surface area (Å²) in [6.45, 7) is 5.76. The highest BCUT2D eigenvalue weighted by Gasteiger charge is 2.51. The van der Waals surface area contributed by atoms with E-state index >= 15 is 0 Å². The summed E-state index contributed by atoms with van der Waals surface area (Å²) in [7, 11) is 0. The van der Waals surface area contributed by atoms with Crippen molar-refractivity contribution < 1.29 is 24.6 Å². The SMILES string of the molecule is CC(C)(C)NC(=O)[C@H]1[C@H](C(=O)NC[C@@H](O)C[C@H](Cc2ccccc2)C(=O)N[C@H]2c3ccccc3C[C@H]2O)[C@H]2C=C[C@@H]1C2. The predicted molar refractivity (Wildman–Crippen MR) is 160 cm³/mol. The minimum absolute atomic E-state index is 0.000171. The van der Waals surface area contributed by atoms with Crippen LogP contribution in [0.1, 0.15) is 56.3 Å². The second-order valence-corrected chi connectivity index (χ2v) is 13.2. The van der Waals surface area contributed by atoms with E-state index in [2.05, 4.69) is 16.0 Å². The zero-order valence-corrected chi connectivity index (χ0v) is 24.6. The highest BCUT2D eigenvalue weighted by atomic mass is 16.3. The molecule has 0 unspecified atom stereocenters. The molecule has 2 aromatic carbocycles. The second kappa shape index (κ2) is 12.4. The number of hydrogen-bond donors (Lipinski definition) is 5. The van der Waals surface area contributed by atoms with Crippen molar-refractivity contribution in [3.63, 3.8) is 0 Å². The molecule has 0 spiro atoms. The van der Waals surface area contributed by atoms with E-state index in [1.54, 1.807) is 0 Å². The molecule has 8 heteroatoms. The molecule has 3 aliphatic rings. The van der Waals surface area contributed by atoms with Crippen molar-refractivity contribution in [2.75, 3.05) is 6.54 Å². The summed E-state index contributed by atoms with van der Waals surface area (Å²) in [6, 6.07) is 16.8. The number of aliphatic hydroxyl groups excluding tert-OH is 2. The molecular formula is C34H43N3O5. The lowest BCUT2D eigenvalue weighted by Crippen LogP contribution is -2.50. The van der Waals surface area contributed by atoms with Crippen LogP contribution >= 0.6 is 0 Å². The van der Waals surface area contributed by atoms with Gasteiger partial charge >= 0.3 is 0 Å². The topological polar surface area (TPSA) is 128 Å². The first-order valence-corrected chi connectivity index (χ1v) is 15.1. The van der Waals surface area contributed by atoms with Crippen molar-refractivity contribution in [3.05, 3.63) is 83.4 Å². The molecule has 5 rings (SSSR count). The summed E-state index contributed by atoms with van der Waals surface area (Å²) in [5.74, 6) is -2.06. The van der Waals surface area contributed by atoms with E-state index in [9.17, 15) is 24.6 Å². The number of hydrogen-bond acceptors (Lipinski definition) is 5. The van der Waals surface area contributed by atoms with Crippen LogP contribution in [0.25, 0.3) is 0 Å². The van der Waals surface area contributed by atoms with Gasteiger partial charge in [-0.05, 0) is 68.6 Å². The van der Waals surface area contributed by atoms with Crippen LogP contribution in [-0.4, -0.2) is 52.2 Å². The molecule has 0 aromatic heterocycles. The van der Waals surface area contributed by atoms with E-state index in [0.29, 0.717) is 12.8 Å². The molecule has 3 aliphatic carbocycles. The van der Waals surface area contributed by atoms with E-state index in [1.165, 1.54) is 0 Å². The fraction of sp³-hybridized carbons (Fsp3) is 0.500. The number of allylic oxidation sites excluding steroid dienone is 2. The third-order valence-corrected chi connectivity index (χ3v) is 8.83. The Morgan fingerprint density at radius 1 is 0.929 bits per heavy atom. The standard InChI is InChI=1S/C34H43N3O5/c1-34(2,3)37-33(42)29-23-14-13-22(16-23)28(29)32(41)35-19-25(38)17-24(15-20-9-5-4-6-10-20)31(40)36-30-26-12-8-7-11-21(26)18-27(30)39/h4-14,22-25,27-30,38-39H,15-19H2,1-3H3,(H,35,41)(H,36,40)(H,37,42)/t22-,23+,24-,25-,27+,28+,29+,30-/m0/s1. The number of carbonyl (C=O) groups excluding carboxylic acids is 3. The van der Waals surface area contributed by atoms with Crippen molar-refractivity contribution in [3.8, 4) is 0 Å².